The molecule has 2 atom stereocenters. The van der Waals surface area contributed by atoms with E-state index in [-0.39, 0.29) is 18.9 Å². The molecule has 21 heavy (non-hydrogen) atoms. The van der Waals surface area contributed by atoms with Crippen LogP contribution in [0.1, 0.15) is 19.8 Å². The lowest BCUT2D eigenvalue weighted by atomic mass is 9.94. The summed E-state index contributed by atoms with van der Waals surface area (Å²) < 4.78 is 52.3. The van der Waals surface area contributed by atoms with Crippen LogP contribution in [-0.4, -0.2) is 36.4 Å². The van der Waals surface area contributed by atoms with Gasteiger partial charge in [-0.05, 0) is 30.9 Å². The van der Waals surface area contributed by atoms with Gasteiger partial charge >= 0.3 is 5.97 Å². The molecule has 2 rings (SSSR count). The highest BCUT2D eigenvalue weighted by Gasteiger charge is 2.40. The zero-order valence-electron chi connectivity index (χ0n) is 11.3. The molecule has 0 saturated carbocycles. The van der Waals surface area contributed by atoms with E-state index in [4.69, 9.17) is 0 Å². The van der Waals surface area contributed by atoms with Crippen molar-refractivity contribution in [2.45, 2.75) is 30.7 Å². The Morgan fingerprint density at radius 3 is 2.62 bits per heavy atom. The first-order valence-corrected chi connectivity index (χ1v) is 7.87. The highest BCUT2D eigenvalue weighted by atomic mass is 32.2. The van der Waals surface area contributed by atoms with Crippen LogP contribution in [0.4, 0.5) is 8.78 Å². The molecule has 0 aliphatic carbocycles. The predicted octanol–water partition coefficient (Wildman–Crippen LogP) is 1.84. The summed E-state index contributed by atoms with van der Waals surface area (Å²) in [5, 5.41) is 9.19. The first-order chi connectivity index (χ1) is 9.73. The van der Waals surface area contributed by atoms with Crippen LogP contribution < -0.4 is 0 Å². The van der Waals surface area contributed by atoms with Gasteiger partial charge in [0.25, 0.3) is 0 Å². The summed E-state index contributed by atoms with van der Waals surface area (Å²) in [5.41, 5.74) is 0. The summed E-state index contributed by atoms with van der Waals surface area (Å²) in [6.45, 7) is 1.83. The number of nitrogens with zero attached hydrogens (tertiary/aromatic N) is 1. The first kappa shape index (κ1) is 15.8. The lowest BCUT2D eigenvalue weighted by Crippen LogP contribution is -2.49. The van der Waals surface area contributed by atoms with E-state index in [1.807, 2.05) is 6.92 Å². The van der Waals surface area contributed by atoms with Gasteiger partial charge in [-0.15, -0.1) is 0 Å². The number of aliphatic carboxylic acids is 1. The molecule has 0 bridgehead atoms. The summed E-state index contributed by atoms with van der Waals surface area (Å²) in [6.07, 6.45) is 0.656. The molecule has 1 fully saturated rings. The molecule has 1 aromatic rings. The Balaban J connectivity index is 2.44. The third-order valence-electron chi connectivity index (χ3n) is 3.58. The molecule has 116 valence electrons. The van der Waals surface area contributed by atoms with Crippen molar-refractivity contribution in [3.05, 3.63) is 29.8 Å². The van der Waals surface area contributed by atoms with Crippen LogP contribution in [-0.2, 0) is 14.8 Å². The Kier molecular flexibility index (Phi) is 4.29. The third kappa shape index (κ3) is 3.06. The van der Waals surface area contributed by atoms with Crippen molar-refractivity contribution >= 4 is 16.0 Å². The zero-order valence-corrected chi connectivity index (χ0v) is 12.1. The number of sulfonamides is 1. The molecule has 2 unspecified atom stereocenters. The molecule has 0 spiro atoms. The normalized spacial score (nSPS) is 24.0. The zero-order chi connectivity index (χ0) is 15.8. The minimum atomic E-state index is -4.32. The van der Waals surface area contributed by atoms with E-state index in [0.717, 1.165) is 16.4 Å². The largest absolute Gasteiger partial charge is 0.480 e. The monoisotopic (exact) mass is 319 g/mol. The summed E-state index contributed by atoms with van der Waals surface area (Å²) in [4.78, 5) is 10.6. The van der Waals surface area contributed by atoms with Gasteiger partial charge in [-0.3, -0.25) is 4.79 Å². The SMILES string of the molecule is CC1CCN(S(=O)(=O)c2ccc(F)cc2F)C(C(=O)O)C1. The molecule has 0 aromatic heterocycles. The van der Waals surface area contributed by atoms with Gasteiger partial charge in [-0.1, -0.05) is 6.92 Å². The Hall–Kier alpha value is -1.54. The number of benzene rings is 1. The Bertz CT molecular complexity index is 662. The summed E-state index contributed by atoms with van der Waals surface area (Å²) in [6, 6.07) is 0.882. The van der Waals surface area contributed by atoms with Crippen LogP contribution in [0.25, 0.3) is 0 Å². The molecule has 1 aliphatic rings. The summed E-state index contributed by atoms with van der Waals surface area (Å²) >= 11 is 0. The van der Waals surface area contributed by atoms with Crippen molar-refractivity contribution in [2.24, 2.45) is 5.92 Å². The van der Waals surface area contributed by atoms with Crippen molar-refractivity contribution in [1.82, 2.24) is 4.31 Å². The number of carboxylic acids is 1. The lowest BCUT2D eigenvalue weighted by molar-refractivity contribution is -0.143. The van der Waals surface area contributed by atoms with E-state index >= 15 is 0 Å². The number of rotatable bonds is 3. The van der Waals surface area contributed by atoms with Crippen molar-refractivity contribution in [3.8, 4) is 0 Å². The van der Waals surface area contributed by atoms with Gasteiger partial charge in [0.05, 0.1) is 0 Å². The van der Waals surface area contributed by atoms with Crippen molar-refractivity contribution < 1.29 is 27.1 Å². The van der Waals surface area contributed by atoms with Crippen molar-refractivity contribution in [2.75, 3.05) is 6.54 Å². The molecule has 5 nitrogen and oxygen atoms in total. The van der Waals surface area contributed by atoms with Crippen LogP contribution in [0.5, 0.6) is 0 Å². The van der Waals surface area contributed by atoms with Gasteiger partial charge in [0, 0.05) is 12.6 Å². The Labute approximate surface area is 121 Å². The molecular formula is C13H15F2NO4S. The van der Waals surface area contributed by atoms with E-state index in [1.165, 1.54) is 0 Å². The van der Waals surface area contributed by atoms with Crippen molar-refractivity contribution in [3.63, 3.8) is 0 Å². The van der Waals surface area contributed by atoms with Crippen LogP contribution in [0.3, 0.4) is 0 Å². The fourth-order valence-electron chi connectivity index (χ4n) is 2.44. The molecule has 1 heterocycles. The number of carbonyl (C=O) groups is 1. The van der Waals surface area contributed by atoms with Crippen LogP contribution in [0.15, 0.2) is 23.1 Å². The maximum absolute atomic E-state index is 13.7. The summed E-state index contributed by atoms with van der Waals surface area (Å²) in [7, 11) is -4.32. The third-order valence-corrected chi connectivity index (χ3v) is 5.52. The topological polar surface area (TPSA) is 74.7 Å². The van der Waals surface area contributed by atoms with E-state index in [2.05, 4.69) is 0 Å². The molecule has 1 saturated heterocycles. The van der Waals surface area contributed by atoms with Gasteiger partial charge in [0.15, 0.2) is 0 Å². The van der Waals surface area contributed by atoms with Gasteiger partial charge < -0.3 is 5.11 Å². The maximum Gasteiger partial charge on any atom is 0.322 e. The van der Waals surface area contributed by atoms with Crippen LogP contribution in [0, 0.1) is 17.6 Å². The summed E-state index contributed by atoms with van der Waals surface area (Å²) in [5.74, 6) is -3.32. The highest BCUT2D eigenvalue weighted by molar-refractivity contribution is 7.89. The number of piperidine rings is 1. The van der Waals surface area contributed by atoms with Gasteiger partial charge in [0.1, 0.15) is 22.6 Å². The van der Waals surface area contributed by atoms with Gasteiger partial charge in [-0.25, -0.2) is 17.2 Å². The predicted molar refractivity (Wildman–Crippen MR) is 70.1 cm³/mol. The van der Waals surface area contributed by atoms with Crippen molar-refractivity contribution in [1.29, 1.82) is 0 Å². The second kappa shape index (κ2) is 5.69. The minimum absolute atomic E-state index is 0.00270. The molecule has 0 amide bonds. The quantitative estimate of drug-likeness (QED) is 0.922. The second-order valence-corrected chi connectivity index (χ2v) is 7.03. The number of halogens is 2. The average molecular weight is 319 g/mol. The van der Waals surface area contributed by atoms with Gasteiger partial charge in [-0.2, -0.15) is 4.31 Å². The Morgan fingerprint density at radius 2 is 2.05 bits per heavy atom. The lowest BCUT2D eigenvalue weighted by Gasteiger charge is -2.34. The highest BCUT2D eigenvalue weighted by Crippen LogP contribution is 2.29. The molecular weight excluding hydrogens is 304 g/mol. The fraction of sp³-hybridized carbons (Fsp3) is 0.462. The minimum Gasteiger partial charge on any atom is -0.480 e. The number of hydrogen-bond acceptors (Lipinski definition) is 3. The Morgan fingerprint density at radius 1 is 1.38 bits per heavy atom. The molecule has 1 aromatic carbocycles. The average Bonchev–Trinajstić information content (AvgIpc) is 2.37. The van der Waals surface area contributed by atoms with Crippen LogP contribution in [0.2, 0.25) is 0 Å². The smallest absolute Gasteiger partial charge is 0.322 e. The van der Waals surface area contributed by atoms with E-state index in [1.54, 1.807) is 0 Å². The number of carboxylic acid groups (broad SMARTS) is 1. The van der Waals surface area contributed by atoms with E-state index in [0.29, 0.717) is 12.5 Å². The van der Waals surface area contributed by atoms with E-state index < -0.39 is 38.6 Å². The molecule has 0 radical (unpaired) electrons. The standard InChI is InChI=1S/C13H15F2NO4S/c1-8-4-5-16(11(6-8)13(17)18)21(19,20)12-3-2-9(14)7-10(12)15/h2-3,7-8,11H,4-6H2,1H3,(H,17,18). The maximum atomic E-state index is 13.7. The number of hydrogen-bond donors (Lipinski definition) is 1. The second-order valence-electron chi connectivity index (χ2n) is 5.17. The van der Waals surface area contributed by atoms with Crippen LogP contribution >= 0.6 is 0 Å². The molecule has 8 heteroatoms. The fourth-order valence-corrected chi connectivity index (χ4v) is 4.10. The molecule has 1 N–H and O–H groups in total. The van der Waals surface area contributed by atoms with Gasteiger partial charge in [0.2, 0.25) is 10.0 Å². The first-order valence-electron chi connectivity index (χ1n) is 6.43. The molecule has 1 aliphatic heterocycles. The van der Waals surface area contributed by atoms with E-state index in [9.17, 15) is 27.1 Å².